The van der Waals surface area contributed by atoms with E-state index in [0.29, 0.717) is 12.8 Å². The van der Waals surface area contributed by atoms with E-state index in [2.05, 4.69) is 5.32 Å². The van der Waals surface area contributed by atoms with Crippen molar-refractivity contribution in [3.05, 3.63) is 0 Å². The minimum absolute atomic E-state index is 0.0338. The molecule has 1 amide bonds. The van der Waals surface area contributed by atoms with Crippen molar-refractivity contribution in [2.75, 3.05) is 0 Å². The molecule has 7 heteroatoms. The zero-order valence-electron chi connectivity index (χ0n) is 9.26. The topological polar surface area (TPSA) is 130 Å². The number of rotatable bonds is 5. The number of amides is 1. The number of carbonyl (C=O) groups is 3. The quantitative estimate of drug-likeness (QED) is 0.499. The largest absolute Gasteiger partial charge is 0.481 e. The Morgan fingerprint density at radius 2 is 1.94 bits per heavy atom. The first kappa shape index (κ1) is 13.4. The summed E-state index contributed by atoms with van der Waals surface area (Å²) in [5.41, 5.74) is 5.64. The van der Waals surface area contributed by atoms with Crippen LogP contribution in [0.1, 0.15) is 25.7 Å². The summed E-state index contributed by atoms with van der Waals surface area (Å²) in [6, 6.07) is -1.41. The van der Waals surface area contributed by atoms with E-state index in [1.165, 1.54) is 0 Å². The van der Waals surface area contributed by atoms with E-state index < -0.39 is 30.3 Å². The molecular formula is C10H16N2O5. The van der Waals surface area contributed by atoms with Gasteiger partial charge in [0.2, 0.25) is 5.91 Å². The maximum absolute atomic E-state index is 11.7. The maximum atomic E-state index is 11.7. The Morgan fingerprint density at radius 3 is 2.35 bits per heavy atom. The molecule has 1 aliphatic carbocycles. The number of nitrogens with one attached hydrogen (secondary N) is 1. The first-order valence-electron chi connectivity index (χ1n) is 5.40. The van der Waals surface area contributed by atoms with Gasteiger partial charge in [-0.2, -0.15) is 0 Å². The third kappa shape index (κ3) is 4.03. The highest BCUT2D eigenvalue weighted by Gasteiger charge is 2.31. The predicted octanol–water partition coefficient (Wildman–Crippen LogP) is -0.842. The zero-order chi connectivity index (χ0) is 13.0. The zero-order valence-corrected chi connectivity index (χ0v) is 9.26. The number of carboxylic acids is 2. The van der Waals surface area contributed by atoms with Gasteiger partial charge in [-0.3, -0.25) is 9.59 Å². The molecule has 96 valence electrons. The fraction of sp³-hybridized carbons (Fsp3) is 0.700. The molecule has 0 spiro atoms. The van der Waals surface area contributed by atoms with Gasteiger partial charge in [-0.1, -0.05) is 0 Å². The summed E-state index contributed by atoms with van der Waals surface area (Å²) in [6.07, 6.45) is 1.24. The molecule has 0 saturated heterocycles. The Bertz CT molecular complexity index is 331. The van der Waals surface area contributed by atoms with E-state index in [1.807, 2.05) is 0 Å². The summed E-state index contributed by atoms with van der Waals surface area (Å²) in [5.74, 6) is -3.34. The van der Waals surface area contributed by atoms with Gasteiger partial charge in [0.15, 0.2) is 0 Å². The highest BCUT2D eigenvalue weighted by atomic mass is 16.4. The molecule has 0 heterocycles. The van der Waals surface area contributed by atoms with Crippen LogP contribution >= 0.6 is 0 Å². The Kier molecular flexibility index (Phi) is 4.45. The third-order valence-corrected chi connectivity index (χ3v) is 2.84. The molecule has 7 nitrogen and oxygen atoms in total. The van der Waals surface area contributed by atoms with Gasteiger partial charge in [0.1, 0.15) is 6.04 Å². The van der Waals surface area contributed by atoms with Crippen molar-refractivity contribution in [2.45, 2.75) is 37.8 Å². The maximum Gasteiger partial charge on any atom is 0.326 e. The Labute approximate surface area is 98.0 Å². The van der Waals surface area contributed by atoms with Crippen molar-refractivity contribution in [3.8, 4) is 0 Å². The van der Waals surface area contributed by atoms with Crippen LogP contribution in [0.15, 0.2) is 0 Å². The second-order valence-corrected chi connectivity index (χ2v) is 4.27. The van der Waals surface area contributed by atoms with Crippen LogP contribution in [0.5, 0.6) is 0 Å². The molecular weight excluding hydrogens is 228 g/mol. The van der Waals surface area contributed by atoms with Crippen molar-refractivity contribution in [3.63, 3.8) is 0 Å². The summed E-state index contributed by atoms with van der Waals surface area (Å²) < 4.78 is 0. The second kappa shape index (κ2) is 5.62. The number of carbonyl (C=O) groups excluding carboxylic acids is 1. The highest BCUT2D eigenvalue weighted by Crippen LogP contribution is 2.24. The first-order chi connectivity index (χ1) is 7.90. The molecule has 1 fully saturated rings. The molecule has 3 unspecified atom stereocenters. The number of carboxylic acid groups (broad SMARTS) is 2. The molecule has 0 aliphatic heterocycles. The molecule has 1 rings (SSSR count). The van der Waals surface area contributed by atoms with Gasteiger partial charge in [-0.15, -0.1) is 0 Å². The monoisotopic (exact) mass is 244 g/mol. The van der Waals surface area contributed by atoms with Crippen LogP contribution < -0.4 is 11.1 Å². The van der Waals surface area contributed by atoms with Crippen LogP contribution in [0.25, 0.3) is 0 Å². The van der Waals surface area contributed by atoms with Gasteiger partial charge in [-0.05, 0) is 19.3 Å². The van der Waals surface area contributed by atoms with Crippen LogP contribution in [-0.4, -0.2) is 40.1 Å². The average Bonchev–Trinajstić information content (AvgIpc) is 2.63. The minimum Gasteiger partial charge on any atom is -0.481 e. The smallest absolute Gasteiger partial charge is 0.326 e. The summed E-state index contributed by atoms with van der Waals surface area (Å²) >= 11 is 0. The van der Waals surface area contributed by atoms with Gasteiger partial charge >= 0.3 is 11.9 Å². The van der Waals surface area contributed by atoms with Crippen LogP contribution in [0.2, 0.25) is 0 Å². The van der Waals surface area contributed by atoms with Gasteiger partial charge in [0, 0.05) is 12.0 Å². The fourth-order valence-corrected chi connectivity index (χ4v) is 1.92. The molecule has 0 bridgehead atoms. The Balaban J connectivity index is 2.52. The second-order valence-electron chi connectivity index (χ2n) is 4.27. The standard InChI is InChI=1S/C10H16N2O5/c11-6-2-1-5(3-6)9(15)12-7(10(16)17)4-8(13)14/h5-7H,1-4,11H2,(H,12,15)(H,13,14)(H,16,17). The number of hydrogen-bond acceptors (Lipinski definition) is 4. The fourth-order valence-electron chi connectivity index (χ4n) is 1.92. The molecule has 1 saturated carbocycles. The van der Waals surface area contributed by atoms with E-state index in [1.54, 1.807) is 0 Å². The van der Waals surface area contributed by atoms with Crippen molar-refractivity contribution < 1.29 is 24.6 Å². The number of hydrogen-bond donors (Lipinski definition) is 4. The average molecular weight is 244 g/mol. The minimum atomic E-state index is -1.38. The van der Waals surface area contributed by atoms with Crippen LogP contribution in [0.3, 0.4) is 0 Å². The predicted molar refractivity (Wildman–Crippen MR) is 57.1 cm³/mol. The number of nitrogens with two attached hydrogens (primary N) is 1. The van der Waals surface area contributed by atoms with Gasteiger partial charge in [0.05, 0.1) is 6.42 Å². The summed E-state index contributed by atoms with van der Waals surface area (Å²) in [4.78, 5) is 32.8. The van der Waals surface area contributed by atoms with E-state index in [0.717, 1.165) is 6.42 Å². The summed E-state index contributed by atoms with van der Waals surface area (Å²) in [7, 11) is 0. The molecule has 1 aliphatic rings. The van der Waals surface area contributed by atoms with Crippen LogP contribution in [-0.2, 0) is 14.4 Å². The molecule has 3 atom stereocenters. The van der Waals surface area contributed by atoms with Crippen molar-refractivity contribution >= 4 is 17.8 Å². The number of aliphatic carboxylic acids is 2. The molecule has 0 aromatic carbocycles. The van der Waals surface area contributed by atoms with Gasteiger partial charge in [0.25, 0.3) is 0 Å². The molecule has 0 aromatic heterocycles. The van der Waals surface area contributed by atoms with Crippen LogP contribution in [0, 0.1) is 5.92 Å². The molecule has 17 heavy (non-hydrogen) atoms. The lowest BCUT2D eigenvalue weighted by Crippen LogP contribution is -2.44. The van der Waals surface area contributed by atoms with E-state index in [4.69, 9.17) is 15.9 Å². The summed E-state index contributed by atoms with van der Waals surface area (Å²) in [6.45, 7) is 0. The summed E-state index contributed by atoms with van der Waals surface area (Å²) in [5, 5.41) is 19.5. The van der Waals surface area contributed by atoms with Gasteiger partial charge in [-0.25, -0.2) is 4.79 Å². The third-order valence-electron chi connectivity index (χ3n) is 2.84. The Hall–Kier alpha value is -1.63. The highest BCUT2D eigenvalue weighted by molar-refractivity contribution is 5.87. The van der Waals surface area contributed by atoms with E-state index in [9.17, 15) is 14.4 Å². The normalized spacial score (nSPS) is 25.2. The molecule has 0 aromatic rings. The lowest BCUT2D eigenvalue weighted by Gasteiger charge is -2.15. The van der Waals surface area contributed by atoms with Crippen molar-refractivity contribution in [2.24, 2.45) is 11.7 Å². The van der Waals surface area contributed by atoms with Gasteiger partial charge < -0.3 is 21.3 Å². The first-order valence-corrected chi connectivity index (χ1v) is 5.40. The van der Waals surface area contributed by atoms with E-state index >= 15 is 0 Å². The molecule has 5 N–H and O–H groups in total. The lowest BCUT2D eigenvalue weighted by molar-refractivity contribution is -0.147. The lowest BCUT2D eigenvalue weighted by atomic mass is 10.1. The van der Waals surface area contributed by atoms with E-state index in [-0.39, 0.29) is 12.0 Å². The van der Waals surface area contributed by atoms with Crippen molar-refractivity contribution in [1.82, 2.24) is 5.32 Å². The van der Waals surface area contributed by atoms with Crippen LogP contribution in [0.4, 0.5) is 0 Å². The molecule has 0 radical (unpaired) electrons. The Morgan fingerprint density at radius 1 is 1.29 bits per heavy atom. The SMILES string of the molecule is NC1CCC(C(=O)NC(CC(=O)O)C(=O)O)C1. The van der Waals surface area contributed by atoms with Crippen molar-refractivity contribution in [1.29, 1.82) is 0 Å².